The van der Waals surface area contributed by atoms with Gasteiger partial charge in [0.25, 0.3) is 0 Å². The van der Waals surface area contributed by atoms with Crippen molar-refractivity contribution in [3.8, 4) is 0 Å². The van der Waals surface area contributed by atoms with Crippen LogP contribution in [-0.4, -0.2) is 5.11 Å². The van der Waals surface area contributed by atoms with Gasteiger partial charge in [0, 0.05) is 11.3 Å². The summed E-state index contributed by atoms with van der Waals surface area (Å²) in [6, 6.07) is 5.99. The molecule has 0 aliphatic rings. The normalized spacial score (nSPS) is 13.0. The molecule has 0 spiro atoms. The van der Waals surface area contributed by atoms with Gasteiger partial charge in [0.1, 0.15) is 0 Å². The quantitative estimate of drug-likeness (QED) is 0.910. The molecule has 0 saturated heterocycles. The fourth-order valence-electron chi connectivity index (χ4n) is 1.24. The largest absolute Gasteiger partial charge is 0.387 e. The molecule has 1 nitrogen and oxygen atoms in total. The highest BCUT2D eigenvalue weighted by Crippen LogP contribution is 2.29. The monoisotopic (exact) mass is 288 g/mol. The second-order valence-electron chi connectivity index (χ2n) is 2.99. The number of aliphatic hydroxyl groups is 1. The summed E-state index contributed by atoms with van der Waals surface area (Å²) in [5, 5.41) is 14.0. The Hall–Kier alpha value is -0.160. The predicted molar refractivity (Wildman–Crippen MR) is 65.0 cm³/mol. The number of hydrogen-bond donors (Lipinski definition) is 1. The molecule has 2 aromatic heterocycles. The van der Waals surface area contributed by atoms with Crippen molar-refractivity contribution in [1.29, 1.82) is 0 Å². The van der Waals surface area contributed by atoms with Crippen LogP contribution in [0.3, 0.4) is 0 Å². The lowest BCUT2D eigenvalue weighted by atomic mass is 10.1. The molecule has 2 aromatic rings. The Balaban J connectivity index is 2.06. The summed E-state index contributed by atoms with van der Waals surface area (Å²) in [7, 11) is 0. The zero-order valence-electron chi connectivity index (χ0n) is 7.31. The van der Waals surface area contributed by atoms with Crippen molar-refractivity contribution in [3.63, 3.8) is 0 Å². The Morgan fingerprint density at radius 3 is 2.79 bits per heavy atom. The number of aliphatic hydroxyl groups excluding tert-OH is 1. The zero-order valence-corrected chi connectivity index (χ0v) is 10.5. The molecule has 0 fully saturated rings. The first-order valence-corrected chi connectivity index (χ1v) is 6.75. The van der Waals surface area contributed by atoms with E-state index in [2.05, 4.69) is 27.4 Å². The van der Waals surface area contributed by atoms with E-state index in [-0.39, 0.29) is 6.10 Å². The molecule has 14 heavy (non-hydrogen) atoms. The summed E-state index contributed by atoms with van der Waals surface area (Å²) < 4.78 is 1.07. The van der Waals surface area contributed by atoms with Gasteiger partial charge in [0.05, 0.1) is 9.89 Å². The van der Waals surface area contributed by atoms with Crippen LogP contribution >= 0.6 is 38.6 Å². The number of hydrogen-bond acceptors (Lipinski definition) is 3. The standard InChI is InChI=1S/C10H9BrOS2/c11-10-2-1-9(14-10)8(12)5-7-3-4-13-6-7/h1-4,6,8,12H,5H2. The van der Waals surface area contributed by atoms with Crippen molar-refractivity contribution in [3.05, 3.63) is 43.2 Å². The molecule has 0 aliphatic heterocycles. The van der Waals surface area contributed by atoms with E-state index in [0.29, 0.717) is 6.42 Å². The molecule has 0 amide bonds. The molecule has 4 heteroatoms. The maximum Gasteiger partial charge on any atom is 0.0922 e. The van der Waals surface area contributed by atoms with Crippen molar-refractivity contribution in [2.24, 2.45) is 0 Å². The van der Waals surface area contributed by atoms with E-state index in [9.17, 15) is 5.11 Å². The van der Waals surface area contributed by atoms with Crippen molar-refractivity contribution in [2.45, 2.75) is 12.5 Å². The second kappa shape index (κ2) is 4.57. The van der Waals surface area contributed by atoms with Crippen LogP contribution in [0.25, 0.3) is 0 Å². The molecule has 0 saturated carbocycles. The van der Waals surface area contributed by atoms with E-state index in [4.69, 9.17) is 0 Å². The van der Waals surface area contributed by atoms with E-state index in [0.717, 1.165) is 8.66 Å². The molecule has 0 bridgehead atoms. The Labute approximate surface area is 99.2 Å². The van der Waals surface area contributed by atoms with E-state index >= 15 is 0 Å². The van der Waals surface area contributed by atoms with Gasteiger partial charge in [-0.25, -0.2) is 0 Å². The second-order valence-corrected chi connectivity index (χ2v) is 6.27. The van der Waals surface area contributed by atoms with E-state index in [1.54, 1.807) is 22.7 Å². The van der Waals surface area contributed by atoms with Crippen LogP contribution in [0.4, 0.5) is 0 Å². The van der Waals surface area contributed by atoms with Gasteiger partial charge >= 0.3 is 0 Å². The van der Waals surface area contributed by atoms with E-state index in [1.165, 1.54) is 5.56 Å². The molecule has 1 atom stereocenters. The van der Waals surface area contributed by atoms with Crippen LogP contribution in [-0.2, 0) is 6.42 Å². The average molecular weight is 289 g/mol. The highest BCUT2D eigenvalue weighted by Gasteiger charge is 2.10. The summed E-state index contributed by atoms with van der Waals surface area (Å²) in [6.45, 7) is 0. The molecule has 2 rings (SSSR count). The third-order valence-electron chi connectivity index (χ3n) is 1.93. The molecular weight excluding hydrogens is 280 g/mol. The fraction of sp³-hybridized carbons (Fsp3) is 0.200. The highest BCUT2D eigenvalue weighted by atomic mass is 79.9. The zero-order chi connectivity index (χ0) is 9.97. The smallest absolute Gasteiger partial charge is 0.0922 e. The van der Waals surface area contributed by atoms with E-state index in [1.807, 2.05) is 17.5 Å². The lowest BCUT2D eigenvalue weighted by molar-refractivity contribution is 0.182. The first-order chi connectivity index (χ1) is 6.75. The first-order valence-electron chi connectivity index (χ1n) is 4.20. The summed E-state index contributed by atoms with van der Waals surface area (Å²) in [5.74, 6) is 0. The van der Waals surface area contributed by atoms with Gasteiger partial charge in [0.2, 0.25) is 0 Å². The van der Waals surface area contributed by atoms with Crippen molar-refractivity contribution < 1.29 is 5.11 Å². The fourth-order valence-corrected chi connectivity index (χ4v) is 3.33. The third-order valence-corrected chi connectivity index (χ3v) is 4.39. The maximum atomic E-state index is 9.90. The minimum atomic E-state index is -0.374. The molecule has 74 valence electrons. The van der Waals surface area contributed by atoms with Crippen molar-refractivity contribution in [1.82, 2.24) is 0 Å². The molecular formula is C10H9BrOS2. The number of thiophene rings is 2. The minimum Gasteiger partial charge on any atom is -0.387 e. The SMILES string of the molecule is OC(Cc1ccsc1)c1ccc(Br)s1. The van der Waals surface area contributed by atoms with Crippen LogP contribution < -0.4 is 0 Å². The van der Waals surface area contributed by atoms with Gasteiger partial charge in [-0.2, -0.15) is 11.3 Å². The molecule has 2 heterocycles. The summed E-state index contributed by atoms with van der Waals surface area (Å²) in [4.78, 5) is 1.02. The third kappa shape index (κ3) is 2.45. The van der Waals surface area contributed by atoms with Gasteiger partial charge in [-0.15, -0.1) is 11.3 Å². The van der Waals surface area contributed by atoms with Crippen molar-refractivity contribution in [2.75, 3.05) is 0 Å². The lowest BCUT2D eigenvalue weighted by Gasteiger charge is -2.05. The van der Waals surface area contributed by atoms with E-state index < -0.39 is 0 Å². The van der Waals surface area contributed by atoms with Crippen LogP contribution in [0.5, 0.6) is 0 Å². The molecule has 1 N–H and O–H groups in total. The molecule has 0 radical (unpaired) electrons. The topological polar surface area (TPSA) is 20.2 Å². The van der Waals surface area contributed by atoms with Crippen LogP contribution in [0.2, 0.25) is 0 Å². The average Bonchev–Trinajstić information content (AvgIpc) is 2.75. The van der Waals surface area contributed by atoms with Crippen molar-refractivity contribution >= 4 is 38.6 Å². The minimum absolute atomic E-state index is 0.374. The van der Waals surface area contributed by atoms with Gasteiger partial charge < -0.3 is 5.11 Å². The predicted octanol–water partition coefficient (Wildman–Crippen LogP) is 3.85. The van der Waals surface area contributed by atoms with Crippen LogP contribution in [0.15, 0.2) is 32.7 Å². The number of halogens is 1. The maximum absolute atomic E-state index is 9.90. The Morgan fingerprint density at radius 1 is 1.36 bits per heavy atom. The summed E-state index contributed by atoms with van der Waals surface area (Å²) >= 11 is 6.64. The highest BCUT2D eigenvalue weighted by molar-refractivity contribution is 9.11. The lowest BCUT2D eigenvalue weighted by Crippen LogP contribution is -1.97. The first kappa shape index (κ1) is 10.4. The van der Waals surface area contributed by atoms with Gasteiger partial charge in [-0.1, -0.05) is 0 Å². The molecule has 0 aliphatic carbocycles. The Kier molecular flexibility index (Phi) is 3.38. The number of rotatable bonds is 3. The molecule has 0 aromatic carbocycles. The Morgan fingerprint density at radius 2 is 2.21 bits per heavy atom. The summed E-state index contributed by atoms with van der Waals surface area (Å²) in [5.41, 5.74) is 1.20. The van der Waals surface area contributed by atoms with Gasteiger partial charge in [-0.3, -0.25) is 0 Å². The van der Waals surface area contributed by atoms with Crippen LogP contribution in [0.1, 0.15) is 16.5 Å². The Bertz CT molecular complexity index is 394. The van der Waals surface area contributed by atoms with Gasteiger partial charge in [-0.05, 0) is 50.5 Å². The summed E-state index contributed by atoms with van der Waals surface area (Å²) in [6.07, 6.45) is 0.331. The molecule has 1 unspecified atom stereocenters. The van der Waals surface area contributed by atoms with Gasteiger partial charge in [0.15, 0.2) is 0 Å². The van der Waals surface area contributed by atoms with Crippen LogP contribution in [0, 0.1) is 0 Å².